The number of fused-ring (bicyclic) bond motifs is 3. The number of primary amides is 1. The number of carboxylic acid groups (broad SMARTS) is 1. The van der Waals surface area contributed by atoms with Crippen LogP contribution in [0.2, 0.25) is 0 Å². The van der Waals surface area contributed by atoms with Gasteiger partial charge in [0.05, 0.1) is 19.1 Å². The maximum atomic E-state index is 15.3. The largest absolute Gasteiger partial charge is 0.481 e. The van der Waals surface area contributed by atoms with E-state index in [1.165, 1.54) is 11.8 Å². The first kappa shape index (κ1) is 106. The average Bonchev–Trinajstić information content (AvgIpc) is 1.65. The van der Waals surface area contributed by atoms with Crippen LogP contribution in [0, 0.1) is 22.7 Å². The molecular formula is C87H134N26O16S. The number of carbonyl (C=O) groups is 14. The lowest BCUT2D eigenvalue weighted by atomic mass is 10.00. The van der Waals surface area contributed by atoms with E-state index in [9.17, 15) is 58.2 Å². The summed E-state index contributed by atoms with van der Waals surface area (Å²) in [5, 5.41) is 75.6. The number of aromatic amines is 3. The van der Waals surface area contributed by atoms with Crippen molar-refractivity contribution in [3.63, 3.8) is 0 Å². The predicted octanol–water partition coefficient (Wildman–Crippen LogP) is -1.99. The summed E-state index contributed by atoms with van der Waals surface area (Å²) in [4.78, 5) is 211. The molecule has 0 spiro atoms. The second kappa shape index (κ2) is 55.4. The molecule has 6 aromatic rings. The SMILES string of the molecule is CSCC[C@H](NC(=O)[C@H](CCCNC(=N)N)NC(=O)[C@@H](N)CCCNC(=N)N)C(=O)N[C@@H](CCCCN)C(=O)N[C@@H](Cc1c[nH]c2ccccc12)C(=O)N[C@@H](CCCCN)C(=O)N[C@@H](CCCCN)C(=O)N[C@@H](CC(C)C)C(=O)N[C@@H](CC(=O)O)C(=O)N[C@@H](Cc1c[nH]c2ccccc12)C(=O)N[C@@H](CO)C(=O)N[C@@H](Cc1c[nH]c2ccccc12)C(=O)N[C@@H](CC(C)C)C(N)=O. The van der Waals surface area contributed by atoms with Crippen LogP contribution >= 0.6 is 11.8 Å². The molecule has 0 saturated carbocycles. The van der Waals surface area contributed by atoms with Crippen molar-refractivity contribution in [2.24, 2.45) is 52.0 Å². The zero-order chi connectivity index (χ0) is 95.5. The summed E-state index contributed by atoms with van der Waals surface area (Å²) in [5.74, 6) is -14.3. The number of guanidine groups is 2. The summed E-state index contributed by atoms with van der Waals surface area (Å²) in [7, 11) is 0. The Bertz CT molecular complexity index is 4770. The fourth-order valence-electron chi connectivity index (χ4n) is 14.7. The number of para-hydroxylation sites is 3. The first-order chi connectivity index (χ1) is 62.1. The molecule has 42 nitrogen and oxygen atoms in total. The third kappa shape index (κ3) is 35.5. The number of hydrogen-bond donors (Lipinski definition) is 28. The van der Waals surface area contributed by atoms with Gasteiger partial charge in [-0.1, -0.05) is 82.3 Å². The summed E-state index contributed by atoms with van der Waals surface area (Å²) >= 11 is 1.36. The maximum Gasteiger partial charge on any atom is 0.305 e. The number of aliphatic hydroxyl groups is 1. The summed E-state index contributed by atoms with van der Waals surface area (Å²) < 4.78 is 0. The van der Waals surface area contributed by atoms with E-state index in [2.05, 4.69) is 89.4 Å². The van der Waals surface area contributed by atoms with E-state index in [1.54, 1.807) is 111 Å². The molecule has 0 saturated heterocycles. The third-order valence-corrected chi connectivity index (χ3v) is 22.3. The van der Waals surface area contributed by atoms with Crippen LogP contribution in [0.1, 0.15) is 154 Å². The molecule has 3 aromatic carbocycles. The molecule has 714 valence electrons. The van der Waals surface area contributed by atoms with E-state index in [0.29, 0.717) is 87.3 Å². The van der Waals surface area contributed by atoms with Crippen molar-refractivity contribution in [3.8, 4) is 0 Å². The van der Waals surface area contributed by atoms with Crippen molar-refractivity contribution in [3.05, 3.63) is 108 Å². The molecule has 0 aliphatic carbocycles. The fourth-order valence-corrected chi connectivity index (χ4v) is 15.2. The molecule has 0 aliphatic rings. The minimum Gasteiger partial charge on any atom is -0.481 e. The van der Waals surface area contributed by atoms with Crippen LogP contribution in [-0.4, -0.2) is 250 Å². The van der Waals surface area contributed by atoms with Crippen molar-refractivity contribution in [2.75, 3.05) is 51.3 Å². The molecule has 6 rings (SSSR count). The molecule has 0 aliphatic heterocycles. The standard InChI is InChI=1S/C87H134N26O16S/c1-48(2)38-65(73(92)117)107-82(126)68(41-51-45-100-58-25-10-7-21-54(51)58)111-85(129)71(47-114)113-83(127)69(42-52-46-101-59-26-11-8-22-55(52)59)110-84(128)70(43-72(115)116)112-80(124)66(39-49(3)4)108-77(121)61(28-13-16-33-89)103-75(119)60(27-12-15-32-88)105-81(125)67(40-50-44-99-57-24-9-6-20-53(50)57)109-78(122)62(29-14-17-34-90)104-79(123)64(31-37-130-5)106-76(120)63(30-19-36-98-87(95)96)102-74(118)56(91)23-18-35-97-86(93)94/h6-11,20-22,24-26,44-46,48-49,56,60-71,99-101,114H,12-19,23,27-43,47,88-91H2,1-5H3,(H2,92,117)(H,102,118)(H,103,119)(H,104,123)(H,105,125)(H,106,120)(H,107,126)(H,108,121)(H,109,122)(H,110,128)(H,111,129)(H,112,124)(H,113,127)(H,115,116)(H4,93,94,97)(H4,95,96,98)/t56-,60-,61-,62-,63-,64-,65-,66-,67-,68-,69-,70-,71-/m0/s1. The summed E-state index contributed by atoms with van der Waals surface area (Å²) in [5.41, 5.74) is 44.3. The Morgan fingerprint density at radius 1 is 0.369 bits per heavy atom. The molecule has 0 fully saturated rings. The number of nitrogens with two attached hydrogens (primary N) is 7. The number of H-pyrrole nitrogens is 3. The minimum atomic E-state index is -1.99. The van der Waals surface area contributed by atoms with E-state index >= 15 is 19.2 Å². The van der Waals surface area contributed by atoms with Gasteiger partial charge in [0, 0.05) is 83.7 Å². The minimum absolute atomic E-state index is 0.00139. The van der Waals surface area contributed by atoms with Gasteiger partial charge in [-0.2, -0.15) is 11.8 Å². The molecule has 0 bridgehead atoms. The molecule has 3 aromatic heterocycles. The second-order valence-electron chi connectivity index (χ2n) is 33.1. The highest BCUT2D eigenvalue weighted by Crippen LogP contribution is 2.24. The van der Waals surface area contributed by atoms with E-state index in [4.69, 9.17) is 51.0 Å². The van der Waals surface area contributed by atoms with Gasteiger partial charge in [0.25, 0.3) is 0 Å². The number of thioether (sulfide) groups is 1. The molecule has 0 unspecified atom stereocenters. The molecule has 0 radical (unpaired) electrons. The number of carboxylic acids is 1. The van der Waals surface area contributed by atoms with Crippen LogP contribution in [0.3, 0.4) is 0 Å². The summed E-state index contributed by atoms with van der Waals surface area (Å²) in [6.45, 7) is 6.91. The lowest BCUT2D eigenvalue weighted by molar-refractivity contribution is -0.141. The highest BCUT2D eigenvalue weighted by atomic mass is 32.2. The van der Waals surface area contributed by atoms with E-state index < -0.39 is 180 Å². The van der Waals surface area contributed by atoms with Crippen LogP contribution in [-0.2, 0) is 86.4 Å². The number of rotatable bonds is 61. The van der Waals surface area contributed by atoms with Gasteiger partial charge < -0.3 is 140 Å². The van der Waals surface area contributed by atoms with Gasteiger partial charge in [-0.25, -0.2) is 0 Å². The second-order valence-corrected chi connectivity index (χ2v) is 34.1. The Kier molecular flexibility index (Phi) is 45.3. The fraction of sp³-hybridized carbons (Fsp3) is 0.540. The number of aliphatic carboxylic acids is 1. The van der Waals surface area contributed by atoms with Crippen LogP contribution < -0.4 is 115 Å². The van der Waals surface area contributed by atoms with Crippen molar-refractivity contribution in [1.29, 1.82) is 10.8 Å². The first-order valence-corrected chi connectivity index (χ1v) is 45.4. The number of unbranched alkanes of at least 4 members (excludes halogenated alkanes) is 3. The highest BCUT2D eigenvalue weighted by Gasteiger charge is 2.39. The Labute approximate surface area is 759 Å². The highest BCUT2D eigenvalue weighted by molar-refractivity contribution is 7.98. The molecule has 130 heavy (non-hydrogen) atoms. The van der Waals surface area contributed by atoms with Crippen LogP contribution in [0.15, 0.2) is 91.4 Å². The van der Waals surface area contributed by atoms with Crippen molar-refractivity contribution < 1.29 is 77.3 Å². The lowest BCUT2D eigenvalue weighted by Crippen LogP contribution is -2.61. The van der Waals surface area contributed by atoms with E-state index in [0.717, 1.165) is 0 Å². The van der Waals surface area contributed by atoms with Crippen LogP contribution in [0.4, 0.5) is 0 Å². The Hall–Kier alpha value is -12.5. The van der Waals surface area contributed by atoms with Gasteiger partial charge in [-0.05, 0) is 181 Å². The molecule has 35 N–H and O–H groups in total. The Morgan fingerprint density at radius 2 is 0.654 bits per heavy atom. The van der Waals surface area contributed by atoms with Gasteiger partial charge >= 0.3 is 5.97 Å². The van der Waals surface area contributed by atoms with Gasteiger partial charge in [0.1, 0.15) is 72.5 Å². The summed E-state index contributed by atoms with van der Waals surface area (Å²) in [6, 6.07) is 2.07. The zero-order valence-electron chi connectivity index (χ0n) is 74.5. The maximum absolute atomic E-state index is 15.3. The molecular weight excluding hydrogens is 1700 g/mol. The topological polar surface area (TPSA) is 725 Å². The van der Waals surface area contributed by atoms with Crippen molar-refractivity contribution in [1.82, 2.24) is 89.4 Å². The predicted molar refractivity (Wildman–Crippen MR) is 495 cm³/mol. The molecule has 43 heteroatoms. The lowest BCUT2D eigenvalue weighted by Gasteiger charge is -2.29. The Balaban J connectivity index is 1.26. The summed E-state index contributed by atoms with van der Waals surface area (Å²) in [6.07, 6.45) is 7.24. The number of amides is 13. The Morgan fingerprint density at radius 3 is 1.00 bits per heavy atom. The monoisotopic (exact) mass is 1830 g/mol. The van der Waals surface area contributed by atoms with Gasteiger partial charge in [0.2, 0.25) is 76.8 Å². The zero-order valence-corrected chi connectivity index (χ0v) is 75.3. The third-order valence-electron chi connectivity index (χ3n) is 21.7. The van der Waals surface area contributed by atoms with E-state index in [1.807, 2.05) is 13.8 Å². The number of aromatic nitrogens is 3. The number of nitrogens with one attached hydrogen (secondary N) is 19. The van der Waals surface area contributed by atoms with E-state index in [-0.39, 0.29) is 140 Å². The average molecular weight is 1830 g/mol. The molecule has 3 heterocycles. The quantitative estimate of drug-likeness (QED) is 0.0112. The molecule has 13 atom stereocenters. The van der Waals surface area contributed by atoms with Gasteiger partial charge in [-0.3, -0.25) is 77.9 Å². The van der Waals surface area contributed by atoms with Gasteiger partial charge in [-0.15, -0.1) is 0 Å². The normalized spacial score (nSPS) is 14.4. The number of carbonyl (C=O) groups excluding carboxylic acids is 13. The van der Waals surface area contributed by atoms with Crippen molar-refractivity contribution >= 4 is 139 Å². The van der Waals surface area contributed by atoms with Crippen LogP contribution in [0.25, 0.3) is 32.7 Å². The first-order valence-electron chi connectivity index (χ1n) is 44.0. The van der Waals surface area contributed by atoms with Crippen LogP contribution in [0.5, 0.6) is 0 Å². The van der Waals surface area contributed by atoms with Gasteiger partial charge in [0.15, 0.2) is 11.9 Å². The number of hydrogen-bond acceptors (Lipinski definition) is 22. The van der Waals surface area contributed by atoms with Crippen molar-refractivity contribution in [2.45, 2.75) is 235 Å². The smallest absolute Gasteiger partial charge is 0.305 e. The molecule has 13 amide bonds. The number of aliphatic hydroxyl groups excluding tert-OH is 1. The number of benzene rings is 3.